The lowest BCUT2D eigenvalue weighted by molar-refractivity contribution is 0.0239. The van der Waals surface area contributed by atoms with Crippen LogP contribution < -0.4 is 20.7 Å². The zero-order valence-corrected chi connectivity index (χ0v) is 17.7. The molecule has 8 heteroatoms. The van der Waals surface area contributed by atoms with Crippen molar-refractivity contribution in [3.8, 4) is 5.75 Å². The summed E-state index contributed by atoms with van der Waals surface area (Å²) in [5.41, 5.74) is 1.89. The second-order valence-corrected chi connectivity index (χ2v) is 10.1. The summed E-state index contributed by atoms with van der Waals surface area (Å²) >= 11 is 1.77. The van der Waals surface area contributed by atoms with Crippen LogP contribution in [0.25, 0.3) is 0 Å². The minimum absolute atomic E-state index is 0.0740. The predicted molar refractivity (Wildman–Crippen MR) is 109 cm³/mol. The van der Waals surface area contributed by atoms with Crippen LogP contribution in [0.3, 0.4) is 0 Å². The van der Waals surface area contributed by atoms with Gasteiger partial charge in [0.2, 0.25) is 0 Å². The van der Waals surface area contributed by atoms with Crippen molar-refractivity contribution < 1.29 is 19.0 Å². The van der Waals surface area contributed by atoms with E-state index >= 15 is 0 Å². The Labute approximate surface area is 170 Å². The minimum Gasteiger partial charge on any atom is -0.493 e. The first kappa shape index (κ1) is 19.7. The maximum Gasteiger partial charge on any atom is 0.408 e. The van der Waals surface area contributed by atoms with Crippen molar-refractivity contribution >= 4 is 23.5 Å². The summed E-state index contributed by atoms with van der Waals surface area (Å²) in [6.07, 6.45) is 1.34. The number of anilines is 1. The van der Waals surface area contributed by atoms with Gasteiger partial charge in [-0.25, -0.2) is 4.79 Å². The lowest BCUT2D eigenvalue weighted by Gasteiger charge is -2.38. The molecule has 28 heavy (non-hydrogen) atoms. The van der Waals surface area contributed by atoms with E-state index in [-0.39, 0.29) is 17.1 Å². The van der Waals surface area contributed by atoms with Crippen LogP contribution >= 0.6 is 11.8 Å². The van der Waals surface area contributed by atoms with Crippen LogP contribution in [0.2, 0.25) is 0 Å². The van der Waals surface area contributed by atoms with Gasteiger partial charge < -0.3 is 24.8 Å². The molecular formula is C20H29N3O4S. The van der Waals surface area contributed by atoms with Crippen molar-refractivity contribution in [2.45, 2.75) is 68.1 Å². The third kappa shape index (κ3) is 4.18. The van der Waals surface area contributed by atoms with Gasteiger partial charge in [-0.3, -0.25) is 5.32 Å². The fraction of sp³-hybridized carbons (Fsp3) is 0.650. The SMILES string of the molecule is CC(C)(C)OC(=O)N[C@H]1COCC[C@H]1NC1(C)Nc2c(ccc3c2CCO3)S1. The molecule has 1 aromatic carbocycles. The maximum absolute atomic E-state index is 12.2. The molecule has 0 saturated carbocycles. The lowest BCUT2D eigenvalue weighted by atomic mass is 10.0. The third-order valence-corrected chi connectivity index (χ3v) is 6.23. The van der Waals surface area contributed by atoms with Crippen molar-refractivity contribution in [1.29, 1.82) is 0 Å². The highest BCUT2D eigenvalue weighted by Gasteiger charge is 2.40. The normalized spacial score (nSPS) is 28.7. The Balaban J connectivity index is 1.44. The molecule has 1 aromatic rings. The first-order chi connectivity index (χ1) is 13.2. The van der Waals surface area contributed by atoms with Crippen LogP contribution in [0.1, 0.15) is 39.7 Å². The molecule has 3 aliphatic rings. The van der Waals surface area contributed by atoms with Crippen molar-refractivity contribution in [2.24, 2.45) is 0 Å². The molecule has 7 nitrogen and oxygen atoms in total. The maximum atomic E-state index is 12.2. The number of carbonyl (C=O) groups excluding carboxylic acids is 1. The molecule has 4 rings (SSSR count). The highest BCUT2D eigenvalue weighted by molar-refractivity contribution is 8.01. The second kappa shape index (κ2) is 7.31. The molecule has 3 aliphatic heterocycles. The second-order valence-electron chi connectivity index (χ2n) is 8.64. The van der Waals surface area contributed by atoms with Gasteiger partial charge in [-0.05, 0) is 46.2 Å². The average Bonchev–Trinajstić information content (AvgIpc) is 3.18. The number of nitrogens with one attached hydrogen (secondary N) is 3. The zero-order valence-electron chi connectivity index (χ0n) is 16.9. The van der Waals surface area contributed by atoms with E-state index in [0.29, 0.717) is 13.2 Å². The lowest BCUT2D eigenvalue weighted by Crippen LogP contribution is -2.61. The fourth-order valence-electron chi connectivity index (χ4n) is 3.89. The van der Waals surface area contributed by atoms with E-state index < -0.39 is 11.7 Å². The number of amides is 1. The first-order valence-electron chi connectivity index (χ1n) is 9.83. The molecule has 1 saturated heterocycles. The summed E-state index contributed by atoms with van der Waals surface area (Å²) in [5.74, 6) is 0.978. The van der Waals surface area contributed by atoms with Crippen LogP contribution in [0.4, 0.5) is 10.5 Å². The topological polar surface area (TPSA) is 80.9 Å². The summed E-state index contributed by atoms with van der Waals surface area (Å²) < 4.78 is 16.7. The van der Waals surface area contributed by atoms with E-state index in [2.05, 4.69) is 35.0 Å². The molecule has 0 spiro atoms. The van der Waals surface area contributed by atoms with Crippen LogP contribution in [-0.2, 0) is 15.9 Å². The Hall–Kier alpha value is -1.64. The Morgan fingerprint density at radius 1 is 1.32 bits per heavy atom. The van der Waals surface area contributed by atoms with E-state index in [1.54, 1.807) is 11.8 Å². The van der Waals surface area contributed by atoms with Gasteiger partial charge in [0.05, 0.1) is 24.9 Å². The largest absolute Gasteiger partial charge is 0.493 e. The van der Waals surface area contributed by atoms with Gasteiger partial charge in [0.1, 0.15) is 16.3 Å². The zero-order chi connectivity index (χ0) is 19.9. The van der Waals surface area contributed by atoms with Crippen molar-refractivity contribution in [2.75, 3.05) is 25.1 Å². The molecule has 154 valence electrons. The van der Waals surface area contributed by atoms with E-state index in [9.17, 15) is 4.79 Å². The number of hydrogen-bond donors (Lipinski definition) is 3. The van der Waals surface area contributed by atoms with Crippen LogP contribution in [0, 0.1) is 0 Å². The van der Waals surface area contributed by atoms with E-state index in [4.69, 9.17) is 14.2 Å². The summed E-state index contributed by atoms with van der Waals surface area (Å²) in [4.78, 5) is 13.1. The van der Waals surface area contributed by atoms with Gasteiger partial charge in [-0.15, -0.1) is 0 Å². The third-order valence-electron chi connectivity index (χ3n) is 5.04. The smallest absolute Gasteiger partial charge is 0.408 e. The fourth-order valence-corrected chi connectivity index (χ4v) is 5.11. The Bertz CT molecular complexity index is 767. The monoisotopic (exact) mass is 407 g/mol. The first-order valence-corrected chi connectivity index (χ1v) is 10.6. The van der Waals surface area contributed by atoms with Crippen molar-refractivity contribution in [3.63, 3.8) is 0 Å². The van der Waals surface area contributed by atoms with Gasteiger partial charge in [-0.1, -0.05) is 11.8 Å². The molecule has 1 amide bonds. The van der Waals surface area contributed by atoms with Gasteiger partial charge >= 0.3 is 6.09 Å². The number of fused-ring (bicyclic) bond motifs is 3. The van der Waals surface area contributed by atoms with Gasteiger partial charge in [0.15, 0.2) is 0 Å². The number of carbonyl (C=O) groups is 1. The molecular weight excluding hydrogens is 378 g/mol. The molecule has 0 bridgehead atoms. The highest BCUT2D eigenvalue weighted by Crippen LogP contribution is 2.49. The molecule has 3 atom stereocenters. The summed E-state index contributed by atoms with van der Waals surface area (Å²) in [5, 5.41) is 10.3. The van der Waals surface area contributed by atoms with E-state index in [0.717, 1.165) is 25.2 Å². The molecule has 1 fully saturated rings. The van der Waals surface area contributed by atoms with Gasteiger partial charge in [0, 0.05) is 29.5 Å². The van der Waals surface area contributed by atoms with Crippen LogP contribution in [-0.4, -0.2) is 48.6 Å². The Morgan fingerprint density at radius 2 is 2.14 bits per heavy atom. The molecule has 3 heterocycles. The molecule has 0 radical (unpaired) electrons. The van der Waals surface area contributed by atoms with Crippen LogP contribution in [0.5, 0.6) is 5.75 Å². The summed E-state index contributed by atoms with van der Waals surface area (Å²) in [6.45, 7) is 9.59. The predicted octanol–water partition coefficient (Wildman–Crippen LogP) is 3.08. The molecule has 0 aliphatic carbocycles. The summed E-state index contributed by atoms with van der Waals surface area (Å²) in [6, 6.07) is 4.10. The Kier molecular flexibility index (Phi) is 5.14. The summed E-state index contributed by atoms with van der Waals surface area (Å²) in [7, 11) is 0. The van der Waals surface area contributed by atoms with Crippen LogP contribution in [0.15, 0.2) is 17.0 Å². The quantitative estimate of drug-likeness (QED) is 0.710. The standard InChI is InChI=1S/C20H29N3O4S/c1-19(2,3)27-18(24)21-14-11-25-9-8-13(14)22-20(4)23-17-12-7-10-26-15(12)5-6-16(17)28-20/h5-6,13-14,22-23H,7-11H2,1-4H3,(H,21,24)/t13-,14+,20?/m1/s1. The Morgan fingerprint density at radius 3 is 2.93 bits per heavy atom. The average molecular weight is 408 g/mol. The molecule has 0 aromatic heterocycles. The number of benzene rings is 1. The van der Waals surface area contributed by atoms with Crippen molar-refractivity contribution in [3.05, 3.63) is 17.7 Å². The number of thioether (sulfide) groups is 1. The molecule has 1 unspecified atom stereocenters. The van der Waals surface area contributed by atoms with Gasteiger partial charge in [-0.2, -0.15) is 0 Å². The molecule has 3 N–H and O–H groups in total. The number of alkyl carbamates (subject to hydrolysis) is 1. The van der Waals surface area contributed by atoms with Crippen molar-refractivity contribution in [1.82, 2.24) is 10.6 Å². The number of hydrogen-bond acceptors (Lipinski definition) is 7. The number of ether oxygens (including phenoxy) is 3. The highest BCUT2D eigenvalue weighted by atomic mass is 32.2. The number of rotatable bonds is 3. The minimum atomic E-state index is -0.526. The van der Waals surface area contributed by atoms with E-state index in [1.807, 2.05) is 20.8 Å². The van der Waals surface area contributed by atoms with Gasteiger partial charge in [0.25, 0.3) is 0 Å². The van der Waals surface area contributed by atoms with E-state index in [1.165, 1.54) is 16.1 Å².